The van der Waals surface area contributed by atoms with Crippen molar-refractivity contribution in [3.05, 3.63) is 95.2 Å². The van der Waals surface area contributed by atoms with Crippen molar-refractivity contribution in [2.45, 2.75) is 0 Å². The average molecular weight is 298 g/mol. The Morgan fingerprint density at radius 2 is 1.30 bits per heavy atom. The first-order chi connectivity index (χ1) is 11.3. The Labute approximate surface area is 133 Å². The quantitative estimate of drug-likeness (QED) is 0.513. The van der Waals surface area contributed by atoms with Gasteiger partial charge in [-0.2, -0.15) is 0 Å². The van der Waals surface area contributed by atoms with Gasteiger partial charge < -0.3 is 4.42 Å². The fourth-order valence-corrected chi connectivity index (χ4v) is 2.77. The average Bonchev–Trinajstić information content (AvgIpc) is 2.63. The number of hydrogen-bond donors (Lipinski definition) is 0. The Kier molecular flexibility index (Phi) is 3.28. The molecule has 2 nitrogen and oxygen atoms in total. The Bertz CT molecular complexity index is 1020. The Balaban J connectivity index is 2.03. The van der Waals surface area contributed by atoms with Gasteiger partial charge in [0, 0.05) is 17.2 Å². The zero-order valence-electron chi connectivity index (χ0n) is 12.4. The van der Waals surface area contributed by atoms with Crippen LogP contribution < -0.4 is 5.43 Å². The maximum absolute atomic E-state index is 12.5. The van der Waals surface area contributed by atoms with E-state index in [0.29, 0.717) is 16.7 Å². The first-order valence-corrected chi connectivity index (χ1v) is 7.51. The van der Waals surface area contributed by atoms with E-state index in [9.17, 15) is 4.79 Å². The molecule has 23 heavy (non-hydrogen) atoms. The molecule has 0 saturated carbocycles. The van der Waals surface area contributed by atoms with Gasteiger partial charge in [-0.15, -0.1) is 0 Å². The fraction of sp³-hybridized carbons (Fsp3) is 0. The molecule has 0 saturated heterocycles. The minimum absolute atomic E-state index is 0.0251. The van der Waals surface area contributed by atoms with Crippen LogP contribution in [-0.4, -0.2) is 0 Å². The van der Waals surface area contributed by atoms with Gasteiger partial charge in [0.1, 0.15) is 11.3 Å². The van der Waals surface area contributed by atoms with Crippen molar-refractivity contribution >= 4 is 11.0 Å². The Hall–Kier alpha value is -3.13. The standard InChI is InChI=1S/C21H14O2/c22-19-14-20(16-10-5-2-6-11-16)23-21-17(12-7-13-18(19)21)15-8-3-1-4-9-15/h1-14H. The van der Waals surface area contributed by atoms with Crippen LogP contribution in [0.3, 0.4) is 0 Å². The number of rotatable bonds is 2. The van der Waals surface area contributed by atoms with Crippen LogP contribution in [0.1, 0.15) is 0 Å². The lowest BCUT2D eigenvalue weighted by atomic mass is 10.0. The molecule has 4 rings (SSSR count). The summed E-state index contributed by atoms with van der Waals surface area (Å²) in [5.41, 5.74) is 3.46. The van der Waals surface area contributed by atoms with Crippen LogP contribution in [-0.2, 0) is 0 Å². The van der Waals surface area contributed by atoms with Gasteiger partial charge in [-0.3, -0.25) is 4.79 Å². The molecule has 0 aliphatic rings. The van der Waals surface area contributed by atoms with Gasteiger partial charge in [0.05, 0.1) is 5.39 Å². The van der Waals surface area contributed by atoms with Gasteiger partial charge in [-0.1, -0.05) is 72.8 Å². The summed E-state index contributed by atoms with van der Waals surface area (Å²) in [5, 5.41) is 0.603. The zero-order chi connectivity index (χ0) is 15.6. The van der Waals surface area contributed by atoms with Crippen LogP contribution in [0.15, 0.2) is 94.1 Å². The third-order valence-corrected chi connectivity index (χ3v) is 3.90. The highest BCUT2D eigenvalue weighted by Crippen LogP contribution is 2.30. The molecule has 4 aromatic rings. The Morgan fingerprint density at radius 3 is 2.00 bits per heavy atom. The van der Waals surface area contributed by atoms with Gasteiger partial charge in [0.15, 0.2) is 5.43 Å². The summed E-state index contributed by atoms with van der Waals surface area (Å²) in [4.78, 5) is 12.5. The lowest BCUT2D eigenvalue weighted by Gasteiger charge is -2.08. The predicted octanol–water partition coefficient (Wildman–Crippen LogP) is 5.13. The molecule has 0 fully saturated rings. The van der Waals surface area contributed by atoms with E-state index in [-0.39, 0.29) is 5.43 Å². The molecule has 0 unspecified atom stereocenters. The Morgan fingerprint density at radius 1 is 0.652 bits per heavy atom. The molecule has 0 radical (unpaired) electrons. The maximum Gasteiger partial charge on any atom is 0.193 e. The molecule has 1 heterocycles. The lowest BCUT2D eigenvalue weighted by Crippen LogP contribution is -2.01. The molecule has 0 N–H and O–H groups in total. The highest BCUT2D eigenvalue weighted by molar-refractivity contribution is 5.92. The number of para-hydroxylation sites is 1. The predicted molar refractivity (Wildman–Crippen MR) is 93.4 cm³/mol. The number of fused-ring (bicyclic) bond motifs is 1. The van der Waals surface area contributed by atoms with E-state index in [1.165, 1.54) is 0 Å². The van der Waals surface area contributed by atoms with Gasteiger partial charge in [-0.05, 0) is 11.6 Å². The maximum atomic E-state index is 12.5. The lowest BCUT2D eigenvalue weighted by molar-refractivity contribution is 0.620. The monoisotopic (exact) mass is 298 g/mol. The molecule has 2 heteroatoms. The molecule has 110 valence electrons. The first-order valence-electron chi connectivity index (χ1n) is 7.51. The molecule has 0 amide bonds. The molecule has 0 aliphatic carbocycles. The molecular weight excluding hydrogens is 284 g/mol. The van der Waals surface area contributed by atoms with Crippen LogP contribution in [0.5, 0.6) is 0 Å². The van der Waals surface area contributed by atoms with Crippen LogP contribution in [0.25, 0.3) is 33.4 Å². The van der Waals surface area contributed by atoms with Crippen molar-refractivity contribution in [3.63, 3.8) is 0 Å². The van der Waals surface area contributed by atoms with E-state index in [1.807, 2.05) is 78.9 Å². The SMILES string of the molecule is O=c1cc(-c2ccccc2)oc2c(-c3ccccc3)cccc12. The summed E-state index contributed by atoms with van der Waals surface area (Å²) < 4.78 is 6.11. The van der Waals surface area contributed by atoms with E-state index in [2.05, 4.69) is 0 Å². The van der Waals surface area contributed by atoms with E-state index < -0.39 is 0 Å². The summed E-state index contributed by atoms with van der Waals surface area (Å²) in [6.45, 7) is 0. The van der Waals surface area contributed by atoms with E-state index >= 15 is 0 Å². The van der Waals surface area contributed by atoms with Crippen molar-refractivity contribution in [3.8, 4) is 22.5 Å². The smallest absolute Gasteiger partial charge is 0.193 e. The van der Waals surface area contributed by atoms with Crippen molar-refractivity contribution in [1.29, 1.82) is 0 Å². The van der Waals surface area contributed by atoms with Crippen LogP contribution in [0.2, 0.25) is 0 Å². The molecule has 0 atom stereocenters. The first kappa shape index (κ1) is 13.5. The van der Waals surface area contributed by atoms with Crippen molar-refractivity contribution in [1.82, 2.24) is 0 Å². The highest BCUT2D eigenvalue weighted by atomic mass is 16.3. The third-order valence-electron chi connectivity index (χ3n) is 3.90. The van der Waals surface area contributed by atoms with Crippen LogP contribution in [0.4, 0.5) is 0 Å². The van der Waals surface area contributed by atoms with Gasteiger partial charge in [0.2, 0.25) is 0 Å². The van der Waals surface area contributed by atoms with Crippen LogP contribution in [0, 0.1) is 0 Å². The normalized spacial score (nSPS) is 10.8. The summed E-state index contributed by atoms with van der Waals surface area (Å²) >= 11 is 0. The van der Waals surface area contributed by atoms with E-state index in [1.54, 1.807) is 6.07 Å². The second-order valence-electron chi connectivity index (χ2n) is 5.39. The van der Waals surface area contributed by atoms with Crippen LogP contribution >= 0.6 is 0 Å². The highest BCUT2D eigenvalue weighted by Gasteiger charge is 2.11. The number of benzene rings is 3. The van der Waals surface area contributed by atoms with Gasteiger partial charge in [0.25, 0.3) is 0 Å². The molecule has 1 aromatic heterocycles. The number of hydrogen-bond acceptors (Lipinski definition) is 2. The molecule has 0 spiro atoms. The summed E-state index contributed by atoms with van der Waals surface area (Å²) in [7, 11) is 0. The molecule has 3 aromatic carbocycles. The second kappa shape index (κ2) is 5.58. The third kappa shape index (κ3) is 2.44. The summed E-state index contributed by atoms with van der Waals surface area (Å²) in [6, 6.07) is 26.9. The molecule has 0 aliphatic heterocycles. The second-order valence-corrected chi connectivity index (χ2v) is 5.39. The fourth-order valence-electron chi connectivity index (χ4n) is 2.77. The van der Waals surface area contributed by atoms with E-state index in [0.717, 1.165) is 16.7 Å². The van der Waals surface area contributed by atoms with Gasteiger partial charge >= 0.3 is 0 Å². The largest absolute Gasteiger partial charge is 0.455 e. The minimum Gasteiger partial charge on any atom is -0.455 e. The van der Waals surface area contributed by atoms with Gasteiger partial charge in [-0.25, -0.2) is 0 Å². The van der Waals surface area contributed by atoms with Crippen molar-refractivity contribution in [2.75, 3.05) is 0 Å². The van der Waals surface area contributed by atoms with Crippen molar-refractivity contribution < 1.29 is 4.42 Å². The molecule has 0 bridgehead atoms. The van der Waals surface area contributed by atoms with Crippen molar-refractivity contribution in [2.24, 2.45) is 0 Å². The zero-order valence-corrected chi connectivity index (χ0v) is 12.4. The molecular formula is C21H14O2. The van der Waals surface area contributed by atoms with E-state index in [4.69, 9.17) is 4.42 Å². The minimum atomic E-state index is -0.0251. The summed E-state index contributed by atoms with van der Waals surface area (Å²) in [5.74, 6) is 0.589. The summed E-state index contributed by atoms with van der Waals surface area (Å²) in [6.07, 6.45) is 0. The topological polar surface area (TPSA) is 30.2 Å².